The summed E-state index contributed by atoms with van der Waals surface area (Å²) in [7, 11) is 0. The van der Waals surface area contributed by atoms with Crippen LogP contribution in [0.3, 0.4) is 0 Å². The number of oxime groups is 1. The van der Waals surface area contributed by atoms with E-state index in [2.05, 4.69) is 37.4 Å². The van der Waals surface area contributed by atoms with E-state index >= 15 is 0 Å². The van der Waals surface area contributed by atoms with Crippen LogP contribution in [0.15, 0.2) is 138 Å². The van der Waals surface area contributed by atoms with Gasteiger partial charge in [-0.2, -0.15) is 0 Å². The van der Waals surface area contributed by atoms with Gasteiger partial charge in [-0.15, -0.1) is 24.9 Å². The summed E-state index contributed by atoms with van der Waals surface area (Å²) in [5.41, 5.74) is 3.75. The number of aliphatic hydroxyl groups is 2. The summed E-state index contributed by atoms with van der Waals surface area (Å²) in [4.78, 5) is 34.9. The first-order valence-corrected chi connectivity index (χ1v) is 25.4. The number of allylic oxidation sites excluding steroid dienone is 1. The third-order valence-corrected chi connectivity index (χ3v) is 14.5. The molecule has 15 nitrogen and oxygen atoms in total. The van der Waals surface area contributed by atoms with Crippen LogP contribution in [0.5, 0.6) is 23.0 Å². The average molecular weight is 990 g/mol. The van der Waals surface area contributed by atoms with Crippen LogP contribution < -0.4 is 18.9 Å². The molecule has 8 rings (SSSR count). The van der Waals surface area contributed by atoms with Crippen molar-refractivity contribution in [3.63, 3.8) is 0 Å². The van der Waals surface area contributed by atoms with E-state index in [9.17, 15) is 25.1 Å². The monoisotopic (exact) mass is 989 g/mol. The number of thioether (sulfide) groups is 1. The summed E-state index contributed by atoms with van der Waals surface area (Å²) in [5, 5.41) is 36.5. The second-order valence-corrected chi connectivity index (χ2v) is 19.2. The molecule has 2 heterocycles. The van der Waals surface area contributed by atoms with Gasteiger partial charge in [0.15, 0.2) is 11.5 Å². The van der Waals surface area contributed by atoms with E-state index in [0.29, 0.717) is 60.1 Å². The summed E-state index contributed by atoms with van der Waals surface area (Å²) in [6.07, 6.45) is 9.88. The van der Waals surface area contributed by atoms with Crippen molar-refractivity contribution in [1.29, 1.82) is 0 Å². The van der Waals surface area contributed by atoms with Crippen LogP contribution in [-0.4, -0.2) is 89.3 Å². The second kappa shape index (κ2) is 24.7. The van der Waals surface area contributed by atoms with Crippen LogP contribution in [0.1, 0.15) is 74.0 Å². The number of hydrogen-bond donors (Lipinski definition) is 2. The van der Waals surface area contributed by atoms with Gasteiger partial charge < -0.3 is 43.5 Å². The van der Waals surface area contributed by atoms with Crippen molar-refractivity contribution < 1.29 is 53.2 Å². The summed E-state index contributed by atoms with van der Waals surface area (Å²) in [5.74, 6) is 0.702. The van der Waals surface area contributed by atoms with Crippen LogP contribution >= 0.6 is 11.8 Å². The largest absolute Gasteiger partial charge is 0.493 e. The predicted octanol–water partition coefficient (Wildman–Crippen LogP) is 10.5. The minimum Gasteiger partial charge on any atom is -0.493 e. The Kier molecular flexibility index (Phi) is 17.7. The molecule has 2 aliphatic heterocycles. The number of rotatable bonds is 26. The molecular weight excluding hydrogens is 927 g/mol. The molecule has 4 aliphatic rings. The molecule has 16 heteroatoms. The van der Waals surface area contributed by atoms with Crippen LogP contribution in [-0.2, 0) is 27.5 Å². The number of benzene rings is 4. The van der Waals surface area contributed by atoms with E-state index in [-0.39, 0.29) is 76.2 Å². The number of aliphatic hydroxyl groups excluding tert-OH is 2. The molecule has 6 unspecified atom stereocenters. The average Bonchev–Trinajstić information content (AvgIpc) is 3.86. The topological polar surface area (TPSA) is 181 Å². The zero-order valence-corrected chi connectivity index (χ0v) is 40.8. The van der Waals surface area contributed by atoms with Crippen LogP contribution in [0.2, 0.25) is 0 Å². The molecule has 6 atom stereocenters. The molecule has 0 radical (unpaired) electrons. The maximum absolute atomic E-state index is 14.9. The third kappa shape index (κ3) is 12.1. The lowest BCUT2D eigenvalue weighted by Gasteiger charge is -2.59. The van der Waals surface area contributed by atoms with E-state index in [4.69, 9.17) is 38.4 Å². The zero-order chi connectivity index (χ0) is 49.6. The van der Waals surface area contributed by atoms with Crippen molar-refractivity contribution in [2.45, 2.75) is 87.2 Å². The summed E-state index contributed by atoms with van der Waals surface area (Å²) >= 11 is 1.72. The van der Waals surface area contributed by atoms with Gasteiger partial charge in [0.05, 0.1) is 36.4 Å². The van der Waals surface area contributed by atoms with E-state index in [1.807, 2.05) is 48.5 Å². The fourth-order valence-electron chi connectivity index (χ4n) is 10.3. The number of non-ortho nitro benzene ring substituents is 1. The lowest BCUT2D eigenvalue weighted by atomic mass is 9.55. The highest BCUT2D eigenvalue weighted by atomic mass is 32.2. The van der Waals surface area contributed by atoms with Gasteiger partial charge >= 0.3 is 6.09 Å². The number of carbonyl (C=O) groups excluding carboxylic acids is 1. The maximum Gasteiger partial charge on any atom is 0.410 e. The van der Waals surface area contributed by atoms with Gasteiger partial charge in [0.2, 0.25) is 12.6 Å². The molecular formula is C55H63N3O12S. The van der Waals surface area contributed by atoms with Gasteiger partial charge in [0, 0.05) is 60.4 Å². The maximum atomic E-state index is 14.9. The molecule has 1 fully saturated rings. The van der Waals surface area contributed by atoms with Crippen molar-refractivity contribution in [2.75, 3.05) is 45.6 Å². The highest BCUT2D eigenvalue weighted by Gasteiger charge is 2.65. The second-order valence-electron chi connectivity index (χ2n) is 18.0. The SMILES string of the molecule is C=CCCOC(=O)N(Cc1ccc2c(c1)OCO2)C1CC(=NOCc2ccc([N+](=O)[O-])cc2)C2=CC(CCCCO)C(CCCCO)C3c4cc(OCCSc5ccccc5)ccc4OC1(OCC=C)C23. The lowest BCUT2D eigenvalue weighted by molar-refractivity contribution is -0.384. The smallest absolute Gasteiger partial charge is 0.410 e. The molecule has 2 N–H and O–H groups in total. The Morgan fingerprint density at radius 1 is 0.901 bits per heavy atom. The number of nitro groups is 1. The molecule has 376 valence electrons. The summed E-state index contributed by atoms with van der Waals surface area (Å²) in [6.45, 7) is 8.79. The van der Waals surface area contributed by atoms with E-state index < -0.39 is 28.8 Å². The Morgan fingerprint density at radius 3 is 2.42 bits per heavy atom. The van der Waals surface area contributed by atoms with Gasteiger partial charge in [0.1, 0.15) is 24.1 Å². The number of ether oxygens (including phenoxy) is 6. The Bertz CT molecular complexity index is 2520. The molecule has 0 bridgehead atoms. The molecule has 1 saturated carbocycles. The number of hydrogen-bond acceptors (Lipinski definition) is 14. The van der Waals surface area contributed by atoms with Crippen molar-refractivity contribution >= 4 is 29.3 Å². The molecule has 2 aliphatic carbocycles. The van der Waals surface area contributed by atoms with E-state index in [1.54, 1.807) is 40.9 Å². The first kappa shape index (κ1) is 51.0. The number of unbranched alkanes of at least 4 members (excludes halogenated alkanes) is 2. The molecule has 4 aromatic carbocycles. The van der Waals surface area contributed by atoms with Crippen molar-refractivity contribution in [2.24, 2.45) is 22.9 Å². The minimum atomic E-state index is -1.55. The van der Waals surface area contributed by atoms with Gasteiger partial charge in [-0.1, -0.05) is 60.5 Å². The normalized spacial score (nSPS) is 22.0. The summed E-state index contributed by atoms with van der Waals surface area (Å²) < 4.78 is 38.6. The fraction of sp³-hybridized carbons (Fsp3) is 0.418. The molecule has 4 aromatic rings. The number of carbonyl (C=O) groups is 1. The van der Waals surface area contributed by atoms with E-state index in [1.165, 1.54) is 12.1 Å². The van der Waals surface area contributed by atoms with Gasteiger partial charge in [0.25, 0.3) is 5.69 Å². The highest BCUT2D eigenvalue weighted by Crippen LogP contribution is 2.62. The number of amides is 1. The van der Waals surface area contributed by atoms with Gasteiger partial charge in [-0.3, -0.25) is 15.0 Å². The van der Waals surface area contributed by atoms with Gasteiger partial charge in [-0.05, 0) is 115 Å². The number of nitro benzene ring substituents is 1. The van der Waals surface area contributed by atoms with Crippen molar-refractivity contribution in [1.82, 2.24) is 4.90 Å². The van der Waals surface area contributed by atoms with Crippen LogP contribution in [0, 0.1) is 27.9 Å². The Labute approximate surface area is 419 Å². The molecule has 0 saturated heterocycles. The molecule has 0 spiro atoms. The Hall–Kier alpha value is -6.33. The molecule has 71 heavy (non-hydrogen) atoms. The first-order valence-electron chi connectivity index (χ1n) is 24.4. The lowest BCUT2D eigenvalue weighted by Crippen LogP contribution is -2.70. The number of fused-ring (bicyclic) bond motifs is 3. The molecule has 0 aromatic heterocycles. The van der Waals surface area contributed by atoms with E-state index in [0.717, 1.165) is 53.0 Å². The quantitative estimate of drug-likeness (QED) is 0.0200. The Morgan fingerprint density at radius 2 is 1.66 bits per heavy atom. The highest BCUT2D eigenvalue weighted by molar-refractivity contribution is 7.99. The van der Waals surface area contributed by atoms with Crippen molar-refractivity contribution in [3.8, 4) is 23.0 Å². The van der Waals surface area contributed by atoms with Crippen LogP contribution in [0.25, 0.3) is 0 Å². The molecule has 1 amide bonds. The summed E-state index contributed by atoms with van der Waals surface area (Å²) in [6, 6.07) is 26.9. The minimum absolute atomic E-state index is 0.00331. The number of nitrogens with zero attached hydrogens (tertiary/aromatic N) is 3. The predicted molar refractivity (Wildman–Crippen MR) is 270 cm³/mol. The Balaban J connectivity index is 1.28. The standard InChI is InChI=1S/C55H63N3O12S/c1-3-5-28-65-54(61)57(35-39-19-23-49-50(31-39)67-37-66-49)51-34-47(56-69-36-38-17-20-41(21-18-38)58(62)63)45-32-40(13-9-11-25-59)44(16-10-12-26-60)52-46-33-42(64-29-30-71-43-14-7-6-8-15-43)22-24-48(46)70-55(51,53(45)52)68-27-4-2/h3-4,6-8,14-15,17-24,31-33,40,44,51-53,59-60H,1-2,5,9-13,16,25-30,34-37H2. The first-order chi connectivity index (χ1) is 34.8. The van der Waals surface area contributed by atoms with Gasteiger partial charge in [-0.25, -0.2) is 4.79 Å². The third-order valence-electron chi connectivity index (χ3n) is 13.5. The van der Waals surface area contributed by atoms with Crippen LogP contribution in [0.4, 0.5) is 10.5 Å². The fourth-order valence-corrected chi connectivity index (χ4v) is 11.1. The van der Waals surface area contributed by atoms with Crippen molar-refractivity contribution in [3.05, 3.63) is 155 Å². The zero-order valence-electron chi connectivity index (χ0n) is 39.9.